The van der Waals surface area contributed by atoms with E-state index < -0.39 is 26.6 Å². The van der Waals surface area contributed by atoms with Crippen molar-refractivity contribution in [2.75, 3.05) is 33.3 Å². The van der Waals surface area contributed by atoms with Crippen LogP contribution in [-0.2, 0) is 21.4 Å². The SMILES string of the molecule is COCc1ccc(C(=O)N2CCN(S(=O)(=O)c3ccc(F)cc3F)CC2)cc1. The van der Waals surface area contributed by atoms with Crippen LogP contribution in [0, 0.1) is 11.6 Å². The predicted octanol–water partition coefficient (Wildman–Crippen LogP) is 2.26. The molecular formula is C19H20F2N2O4S. The number of benzene rings is 2. The quantitative estimate of drug-likeness (QED) is 0.759. The van der Waals surface area contributed by atoms with Crippen LogP contribution in [0.3, 0.4) is 0 Å². The highest BCUT2D eigenvalue weighted by Crippen LogP contribution is 2.22. The van der Waals surface area contributed by atoms with Crippen LogP contribution >= 0.6 is 0 Å². The molecule has 0 aromatic heterocycles. The van der Waals surface area contributed by atoms with E-state index in [4.69, 9.17) is 4.74 Å². The van der Waals surface area contributed by atoms with Crippen molar-refractivity contribution in [2.45, 2.75) is 11.5 Å². The molecule has 6 nitrogen and oxygen atoms in total. The average Bonchev–Trinajstić information content (AvgIpc) is 2.68. The van der Waals surface area contributed by atoms with Gasteiger partial charge in [-0.15, -0.1) is 0 Å². The van der Waals surface area contributed by atoms with Crippen LogP contribution in [0.15, 0.2) is 47.4 Å². The third kappa shape index (κ3) is 4.21. The zero-order chi connectivity index (χ0) is 20.3. The van der Waals surface area contributed by atoms with Crippen molar-refractivity contribution in [1.29, 1.82) is 0 Å². The summed E-state index contributed by atoms with van der Waals surface area (Å²) in [5.74, 6) is -2.17. The number of hydrogen-bond acceptors (Lipinski definition) is 4. The Kier molecular flexibility index (Phi) is 6.07. The fourth-order valence-electron chi connectivity index (χ4n) is 3.05. The van der Waals surface area contributed by atoms with Crippen molar-refractivity contribution >= 4 is 15.9 Å². The fourth-order valence-corrected chi connectivity index (χ4v) is 4.52. The molecule has 1 saturated heterocycles. The van der Waals surface area contributed by atoms with Gasteiger partial charge in [-0.2, -0.15) is 4.31 Å². The Morgan fingerprint density at radius 2 is 1.68 bits per heavy atom. The predicted molar refractivity (Wildman–Crippen MR) is 98.2 cm³/mol. The van der Waals surface area contributed by atoms with Crippen LogP contribution in [0.25, 0.3) is 0 Å². The van der Waals surface area contributed by atoms with Crippen molar-refractivity contribution in [2.24, 2.45) is 0 Å². The van der Waals surface area contributed by atoms with E-state index in [9.17, 15) is 22.0 Å². The minimum absolute atomic E-state index is 0.0344. The van der Waals surface area contributed by atoms with Gasteiger partial charge in [-0.25, -0.2) is 17.2 Å². The number of ether oxygens (including phenoxy) is 1. The molecule has 1 heterocycles. The molecule has 2 aromatic carbocycles. The Morgan fingerprint density at radius 1 is 1.04 bits per heavy atom. The molecule has 9 heteroatoms. The van der Waals surface area contributed by atoms with Crippen molar-refractivity contribution in [3.8, 4) is 0 Å². The highest BCUT2D eigenvalue weighted by Gasteiger charge is 2.32. The molecule has 0 unspecified atom stereocenters. The maximum absolute atomic E-state index is 13.9. The molecule has 28 heavy (non-hydrogen) atoms. The van der Waals surface area contributed by atoms with Gasteiger partial charge in [0.05, 0.1) is 6.61 Å². The summed E-state index contributed by atoms with van der Waals surface area (Å²) in [4.78, 5) is 13.6. The maximum Gasteiger partial charge on any atom is 0.253 e. The van der Waals surface area contributed by atoms with Crippen molar-refractivity contribution in [3.63, 3.8) is 0 Å². The zero-order valence-electron chi connectivity index (χ0n) is 15.3. The first-order chi connectivity index (χ1) is 13.3. The standard InChI is InChI=1S/C19H20F2N2O4S/c1-27-13-14-2-4-15(5-3-14)19(24)22-8-10-23(11-9-22)28(25,26)18-7-6-16(20)12-17(18)21/h2-7,12H,8-11,13H2,1H3. The number of methoxy groups -OCH3 is 1. The Labute approximate surface area is 162 Å². The fraction of sp³-hybridized carbons (Fsp3) is 0.316. The van der Waals surface area contributed by atoms with Gasteiger partial charge >= 0.3 is 0 Å². The lowest BCUT2D eigenvalue weighted by Gasteiger charge is -2.34. The lowest BCUT2D eigenvalue weighted by atomic mass is 10.1. The molecule has 0 atom stereocenters. The molecule has 0 spiro atoms. The molecular weight excluding hydrogens is 390 g/mol. The summed E-state index contributed by atoms with van der Waals surface area (Å²) in [6.45, 7) is 0.881. The number of carbonyl (C=O) groups is 1. The van der Waals surface area contributed by atoms with Crippen LogP contribution < -0.4 is 0 Å². The second kappa shape index (κ2) is 8.34. The molecule has 1 aliphatic rings. The molecule has 0 bridgehead atoms. The summed E-state index contributed by atoms with van der Waals surface area (Å²) >= 11 is 0. The van der Waals surface area contributed by atoms with Gasteiger partial charge in [0.15, 0.2) is 0 Å². The molecule has 2 aromatic rings. The van der Waals surface area contributed by atoms with Gasteiger partial charge < -0.3 is 9.64 Å². The van der Waals surface area contributed by atoms with E-state index >= 15 is 0 Å². The van der Waals surface area contributed by atoms with Gasteiger partial charge in [-0.3, -0.25) is 4.79 Å². The topological polar surface area (TPSA) is 66.9 Å². The van der Waals surface area contributed by atoms with Gasteiger partial charge in [-0.05, 0) is 29.8 Å². The molecule has 0 saturated carbocycles. The lowest BCUT2D eigenvalue weighted by molar-refractivity contribution is 0.0697. The number of hydrogen-bond donors (Lipinski definition) is 0. The Hall–Kier alpha value is -2.36. The number of amides is 1. The Bertz CT molecular complexity index is 956. The minimum atomic E-state index is -4.10. The highest BCUT2D eigenvalue weighted by atomic mass is 32.2. The van der Waals surface area contributed by atoms with Crippen LogP contribution in [0.5, 0.6) is 0 Å². The van der Waals surface area contributed by atoms with Crippen LogP contribution in [0.1, 0.15) is 15.9 Å². The Balaban J connectivity index is 1.67. The first kappa shape index (κ1) is 20.4. The monoisotopic (exact) mass is 410 g/mol. The van der Waals surface area contributed by atoms with Crippen molar-refractivity contribution < 1.29 is 26.7 Å². The second-order valence-corrected chi connectivity index (χ2v) is 8.31. The summed E-state index contributed by atoms with van der Waals surface area (Å²) in [5, 5.41) is 0. The second-order valence-electron chi connectivity index (χ2n) is 6.40. The van der Waals surface area contributed by atoms with E-state index in [0.29, 0.717) is 18.2 Å². The number of nitrogens with zero attached hydrogens (tertiary/aromatic N) is 2. The van der Waals surface area contributed by atoms with E-state index in [-0.39, 0.29) is 32.1 Å². The van der Waals surface area contributed by atoms with Crippen molar-refractivity contribution in [3.05, 3.63) is 65.2 Å². The van der Waals surface area contributed by atoms with E-state index in [1.54, 1.807) is 36.3 Å². The number of piperazine rings is 1. The molecule has 3 rings (SSSR count). The van der Waals surface area contributed by atoms with E-state index in [1.165, 1.54) is 0 Å². The number of carbonyl (C=O) groups excluding carboxylic acids is 1. The molecule has 1 aliphatic heterocycles. The largest absolute Gasteiger partial charge is 0.380 e. The number of rotatable bonds is 5. The first-order valence-electron chi connectivity index (χ1n) is 8.65. The molecule has 150 valence electrons. The summed E-state index contributed by atoms with van der Waals surface area (Å²) in [6, 6.07) is 9.37. The van der Waals surface area contributed by atoms with Crippen LogP contribution in [0.2, 0.25) is 0 Å². The molecule has 0 N–H and O–H groups in total. The van der Waals surface area contributed by atoms with Gasteiger partial charge in [0, 0.05) is 44.9 Å². The smallest absolute Gasteiger partial charge is 0.253 e. The lowest BCUT2D eigenvalue weighted by Crippen LogP contribution is -2.50. The first-order valence-corrected chi connectivity index (χ1v) is 10.1. The van der Waals surface area contributed by atoms with Gasteiger partial charge in [0.2, 0.25) is 10.0 Å². The molecule has 0 radical (unpaired) electrons. The van der Waals surface area contributed by atoms with Crippen LogP contribution in [-0.4, -0.2) is 56.8 Å². The molecule has 0 aliphatic carbocycles. The summed E-state index contributed by atoms with van der Waals surface area (Å²) in [7, 11) is -2.51. The third-order valence-corrected chi connectivity index (χ3v) is 6.48. The maximum atomic E-state index is 13.9. The third-order valence-electron chi connectivity index (χ3n) is 4.55. The number of halogens is 2. The van der Waals surface area contributed by atoms with Gasteiger partial charge in [-0.1, -0.05) is 12.1 Å². The summed E-state index contributed by atoms with van der Waals surface area (Å²) in [5.41, 5.74) is 1.44. The summed E-state index contributed by atoms with van der Waals surface area (Å²) < 4.78 is 58.3. The zero-order valence-corrected chi connectivity index (χ0v) is 16.1. The summed E-state index contributed by atoms with van der Waals surface area (Å²) in [6.07, 6.45) is 0. The van der Waals surface area contributed by atoms with Gasteiger partial charge in [0.1, 0.15) is 16.5 Å². The van der Waals surface area contributed by atoms with E-state index in [2.05, 4.69) is 0 Å². The highest BCUT2D eigenvalue weighted by molar-refractivity contribution is 7.89. The average molecular weight is 410 g/mol. The van der Waals surface area contributed by atoms with Crippen LogP contribution in [0.4, 0.5) is 8.78 Å². The van der Waals surface area contributed by atoms with E-state index in [1.807, 2.05) is 0 Å². The van der Waals surface area contributed by atoms with Gasteiger partial charge in [0.25, 0.3) is 5.91 Å². The minimum Gasteiger partial charge on any atom is -0.380 e. The molecule has 1 amide bonds. The Morgan fingerprint density at radius 3 is 2.25 bits per heavy atom. The number of sulfonamides is 1. The van der Waals surface area contributed by atoms with E-state index in [0.717, 1.165) is 22.0 Å². The van der Waals surface area contributed by atoms with Crippen molar-refractivity contribution in [1.82, 2.24) is 9.21 Å². The normalized spacial score (nSPS) is 15.6. The molecule has 1 fully saturated rings.